The van der Waals surface area contributed by atoms with Crippen molar-refractivity contribution in [3.63, 3.8) is 0 Å². The molecule has 0 radical (unpaired) electrons. The highest BCUT2D eigenvalue weighted by Gasteiger charge is 2.30. The van der Waals surface area contributed by atoms with Gasteiger partial charge < -0.3 is 16.0 Å². The Bertz CT molecular complexity index is 1350. The molecule has 3 aromatic heterocycles. The topological polar surface area (TPSA) is 101 Å². The van der Waals surface area contributed by atoms with Crippen molar-refractivity contribution >= 4 is 39.0 Å². The van der Waals surface area contributed by atoms with E-state index >= 15 is 0 Å². The normalized spacial score (nSPS) is 21.5. The van der Waals surface area contributed by atoms with Gasteiger partial charge in [-0.15, -0.1) is 11.3 Å². The Balaban J connectivity index is 1.22. The van der Waals surface area contributed by atoms with Crippen LogP contribution in [-0.4, -0.2) is 73.8 Å². The number of fused-ring (bicyclic) bond motifs is 1. The molecule has 2 aliphatic rings. The molecule has 1 saturated heterocycles. The summed E-state index contributed by atoms with van der Waals surface area (Å²) in [6, 6.07) is 9.30. The molecule has 37 heavy (non-hydrogen) atoms. The highest BCUT2D eigenvalue weighted by Crippen LogP contribution is 2.37. The predicted molar refractivity (Wildman–Crippen MR) is 150 cm³/mol. The van der Waals surface area contributed by atoms with E-state index in [4.69, 9.17) is 10.8 Å². The minimum atomic E-state index is 0.327. The Morgan fingerprint density at radius 1 is 1.00 bits per heavy atom. The van der Waals surface area contributed by atoms with Gasteiger partial charge in [-0.25, -0.2) is 19.6 Å². The molecule has 1 aliphatic carbocycles. The Morgan fingerprint density at radius 2 is 1.73 bits per heavy atom. The predicted octanol–water partition coefficient (Wildman–Crippen LogP) is 4.57. The first kappa shape index (κ1) is 24.3. The molecule has 2 fully saturated rings. The molecular formula is C27H35N9S. The van der Waals surface area contributed by atoms with E-state index in [1.807, 2.05) is 0 Å². The van der Waals surface area contributed by atoms with E-state index in [0.717, 1.165) is 58.1 Å². The third-order valence-corrected chi connectivity index (χ3v) is 8.71. The van der Waals surface area contributed by atoms with Crippen molar-refractivity contribution in [1.82, 2.24) is 34.5 Å². The van der Waals surface area contributed by atoms with Crippen molar-refractivity contribution in [1.29, 1.82) is 0 Å². The second-order valence-electron chi connectivity index (χ2n) is 10.3. The maximum absolute atomic E-state index is 6.38. The fraction of sp³-hybridized carbons (Fsp3) is 0.481. The largest absolute Gasteiger partial charge is 0.383 e. The summed E-state index contributed by atoms with van der Waals surface area (Å²) in [5.41, 5.74) is 11.2. The van der Waals surface area contributed by atoms with E-state index in [1.165, 1.54) is 39.0 Å². The molecule has 4 heterocycles. The van der Waals surface area contributed by atoms with Crippen LogP contribution in [0.3, 0.4) is 0 Å². The second kappa shape index (κ2) is 10.4. The molecule has 9 nitrogen and oxygen atoms in total. The molecule has 6 rings (SSSR count). The van der Waals surface area contributed by atoms with Gasteiger partial charge in [0.1, 0.15) is 17.8 Å². The highest BCUT2D eigenvalue weighted by atomic mass is 32.1. The van der Waals surface area contributed by atoms with E-state index in [0.29, 0.717) is 17.9 Å². The van der Waals surface area contributed by atoms with Gasteiger partial charge >= 0.3 is 0 Å². The molecule has 4 aromatic rings. The smallest absolute Gasteiger partial charge is 0.187 e. The minimum absolute atomic E-state index is 0.327. The third-order valence-electron chi connectivity index (χ3n) is 7.91. The molecule has 0 unspecified atom stereocenters. The lowest BCUT2D eigenvalue weighted by atomic mass is 9.90. The third kappa shape index (κ3) is 4.93. The number of thiazole rings is 1. The number of rotatable bonds is 6. The summed E-state index contributed by atoms with van der Waals surface area (Å²) in [4.78, 5) is 18.7. The summed E-state index contributed by atoms with van der Waals surface area (Å²) < 4.78 is 2.12. The first-order chi connectivity index (χ1) is 18.1. The zero-order chi connectivity index (χ0) is 25.4. The monoisotopic (exact) mass is 517 g/mol. The van der Waals surface area contributed by atoms with Crippen LogP contribution in [-0.2, 0) is 6.42 Å². The van der Waals surface area contributed by atoms with Crippen molar-refractivity contribution in [2.45, 2.75) is 51.1 Å². The first-order valence-electron chi connectivity index (χ1n) is 13.3. The fourth-order valence-electron chi connectivity index (χ4n) is 5.67. The lowest BCUT2D eigenvalue weighted by Crippen LogP contribution is -2.49. The summed E-state index contributed by atoms with van der Waals surface area (Å²) >= 11 is 1.63. The number of piperazine rings is 1. The van der Waals surface area contributed by atoms with Crippen LogP contribution >= 0.6 is 11.3 Å². The number of nitrogens with two attached hydrogens (primary N) is 1. The van der Waals surface area contributed by atoms with Gasteiger partial charge in [0.25, 0.3) is 0 Å². The second-order valence-corrected chi connectivity index (χ2v) is 11.1. The number of benzene rings is 1. The lowest BCUT2D eigenvalue weighted by molar-refractivity contribution is 0.0815. The molecular weight excluding hydrogens is 482 g/mol. The van der Waals surface area contributed by atoms with Crippen molar-refractivity contribution in [2.24, 2.45) is 0 Å². The van der Waals surface area contributed by atoms with Crippen molar-refractivity contribution in [3.8, 4) is 11.3 Å². The molecule has 1 aliphatic heterocycles. The number of anilines is 3. The molecule has 3 N–H and O–H groups in total. The van der Waals surface area contributed by atoms with Gasteiger partial charge in [-0.1, -0.05) is 19.1 Å². The molecule has 10 heteroatoms. The molecule has 0 bridgehead atoms. The maximum Gasteiger partial charge on any atom is 0.187 e. The zero-order valence-electron chi connectivity index (χ0n) is 21.6. The number of hydrogen-bond acceptors (Lipinski definition) is 9. The van der Waals surface area contributed by atoms with Gasteiger partial charge in [0, 0.05) is 48.9 Å². The van der Waals surface area contributed by atoms with Gasteiger partial charge in [-0.3, -0.25) is 4.90 Å². The van der Waals surface area contributed by atoms with Gasteiger partial charge in [0.15, 0.2) is 10.8 Å². The first-order valence-corrected chi connectivity index (χ1v) is 14.2. The van der Waals surface area contributed by atoms with E-state index < -0.39 is 0 Å². The standard InChI is InChI=1S/C27H35N9S/c1-3-19-16-37-27(31-19)32-20-6-4-18(5-7-20)24-23-25(28)29-17-30-26(23)36(33-24)22-10-8-21(9-11-22)35-14-12-34(2)13-15-35/h4-7,16-17,21-22H,3,8-15H2,1-2H3,(H,31,32)(H2,28,29,30)/t21-,22+. The van der Waals surface area contributed by atoms with Crippen LogP contribution < -0.4 is 11.1 Å². The highest BCUT2D eigenvalue weighted by molar-refractivity contribution is 7.13. The number of aromatic nitrogens is 5. The van der Waals surface area contributed by atoms with Crippen LogP contribution in [0.5, 0.6) is 0 Å². The summed E-state index contributed by atoms with van der Waals surface area (Å²) in [5, 5.41) is 12.3. The molecule has 1 aromatic carbocycles. The summed E-state index contributed by atoms with van der Waals surface area (Å²) in [5.74, 6) is 0.481. The van der Waals surface area contributed by atoms with Gasteiger partial charge in [-0.2, -0.15) is 5.10 Å². The average Bonchev–Trinajstić information content (AvgIpc) is 3.55. The quantitative estimate of drug-likeness (QED) is 0.384. The summed E-state index contributed by atoms with van der Waals surface area (Å²) in [6.07, 6.45) is 7.10. The van der Waals surface area contributed by atoms with Crippen LogP contribution in [0.25, 0.3) is 22.3 Å². The number of likely N-dealkylation sites (N-methyl/N-ethyl adjacent to an activating group) is 1. The SMILES string of the molecule is CCc1csc(Nc2ccc(-c3nn([C@H]4CC[C@@H](N5CCN(C)CC5)CC4)c4ncnc(N)c34)cc2)n1. The lowest BCUT2D eigenvalue weighted by Gasteiger charge is -2.41. The van der Waals surface area contributed by atoms with Crippen LogP contribution in [0.4, 0.5) is 16.6 Å². The Hall–Kier alpha value is -3.08. The summed E-state index contributed by atoms with van der Waals surface area (Å²) in [7, 11) is 2.22. The minimum Gasteiger partial charge on any atom is -0.383 e. The van der Waals surface area contributed by atoms with Gasteiger partial charge in [-0.05, 0) is 51.3 Å². The number of nitrogen functional groups attached to an aromatic ring is 1. The Kier molecular flexibility index (Phi) is 6.79. The van der Waals surface area contributed by atoms with E-state index in [2.05, 4.69) is 78.4 Å². The molecule has 0 amide bonds. The summed E-state index contributed by atoms with van der Waals surface area (Å²) in [6.45, 7) is 6.81. The van der Waals surface area contributed by atoms with Gasteiger partial charge in [0.2, 0.25) is 0 Å². The average molecular weight is 518 g/mol. The number of hydrogen-bond donors (Lipinski definition) is 2. The van der Waals surface area contributed by atoms with Crippen LogP contribution in [0.15, 0.2) is 36.0 Å². The van der Waals surface area contributed by atoms with Crippen molar-refractivity contribution < 1.29 is 0 Å². The molecule has 0 spiro atoms. The maximum atomic E-state index is 6.38. The van der Waals surface area contributed by atoms with Gasteiger partial charge in [0.05, 0.1) is 17.1 Å². The molecule has 194 valence electrons. The van der Waals surface area contributed by atoms with Crippen molar-refractivity contribution in [3.05, 3.63) is 41.7 Å². The van der Waals surface area contributed by atoms with Crippen LogP contribution in [0.2, 0.25) is 0 Å². The number of nitrogens with one attached hydrogen (secondary N) is 1. The van der Waals surface area contributed by atoms with Crippen molar-refractivity contribution in [2.75, 3.05) is 44.3 Å². The number of nitrogens with zero attached hydrogens (tertiary/aromatic N) is 7. The van der Waals surface area contributed by atoms with Crippen LogP contribution in [0.1, 0.15) is 44.3 Å². The van der Waals surface area contributed by atoms with E-state index in [9.17, 15) is 0 Å². The number of aryl methyl sites for hydroxylation is 1. The van der Waals surface area contributed by atoms with E-state index in [1.54, 1.807) is 17.7 Å². The molecule has 0 atom stereocenters. The Labute approximate surface area is 221 Å². The Morgan fingerprint density at radius 3 is 2.43 bits per heavy atom. The molecule has 1 saturated carbocycles. The van der Waals surface area contributed by atoms with E-state index in [-0.39, 0.29) is 0 Å². The fourth-order valence-corrected chi connectivity index (χ4v) is 6.48. The van der Waals surface area contributed by atoms with Crippen LogP contribution in [0, 0.1) is 0 Å². The zero-order valence-corrected chi connectivity index (χ0v) is 22.4.